The van der Waals surface area contributed by atoms with Gasteiger partial charge in [-0.2, -0.15) is 19.6 Å². The van der Waals surface area contributed by atoms with Crippen molar-refractivity contribution in [3.63, 3.8) is 0 Å². The van der Waals surface area contributed by atoms with E-state index in [0.717, 1.165) is 12.2 Å². The molecule has 0 fully saturated rings. The molecule has 0 aromatic carbocycles. The molecular weight excluding hydrogens is 258 g/mol. The van der Waals surface area contributed by atoms with Gasteiger partial charge in [0.1, 0.15) is 11.6 Å². The fraction of sp³-hybridized carbons (Fsp3) is 0.583. The van der Waals surface area contributed by atoms with Crippen LogP contribution in [-0.2, 0) is 0 Å². The summed E-state index contributed by atoms with van der Waals surface area (Å²) in [6.45, 7) is 8.95. The highest BCUT2D eigenvalue weighted by molar-refractivity contribution is 5.30. The summed E-state index contributed by atoms with van der Waals surface area (Å²) < 4.78 is 7.07. The molecule has 2 aromatic rings. The molecule has 2 rings (SSSR count). The zero-order valence-electron chi connectivity index (χ0n) is 12.2. The van der Waals surface area contributed by atoms with Gasteiger partial charge in [0.25, 0.3) is 5.95 Å². The number of hydrogen-bond donors (Lipinski definition) is 1. The van der Waals surface area contributed by atoms with Crippen LogP contribution in [-0.4, -0.2) is 42.9 Å². The number of rotatable bonds is 6. The number of ether oxygens (including phenoxy) is 1. The lowest BCUT2D eigenvalue weighted by Crippen LogP contribution is -2.12. The summed E-state index contributed by atoms with van der Waals surface area (Å²) in [5.74, 6) is 2.26. The number of nitrogens with one attached hydrogen (secondary N) is 1. The Hall–Kier alpha value is -2.25. The maximum Gasteiger partial charge on any atom is 0.323 e. The minimum atomic E-state index is 0.292. The molecule has 0 spiro atoms. The van der Waals surface area contributed by atoms with Crippen molar-refractivity contribution < 1.29 is 4.74 Å². The molecule has 0 unspecified atom stereocenters. The molecule has 0 amide bonds. The minimum Gasteiger partial charge on any atom is -0.463 e. The zero-order chi connectivity index (χ0) is 14.5. The van der Waals surface area contributed by atoms with E-state index in [4.69, 9.17) is 4.74 Å². The van der Waals surface area contributed by atoms with Crippen LogP contribution in [0.2, 0.25) is 0 Å². The third-order valence-corrected chi connectivity index (χ3v) is 2.44. The molecule has 0 aliphatic carbocycles. The van der Waals surface area contributed by atoms with Crippen LogP contribution < -0.4 is 10.1 Å². The Balaban J connectivity index is 2.40. The van der Waals surface area contributed by atoms with Gasteiger partial charge in [-0.15, -0.1) is 5.10 Å². The van der Waals surface area contributed by atoms with Crippen LogP contribution in [0, 0.1) is 13.8 Å². The van der Waals surface area contributed by atoms with E-state index >= 15 is 0 Å². The third-order valence-electron chi connectivity index (χ3n) is 2.44. The van der Waals surface area contributed by atoms with Gasteiger partial charge in [0.2, 0.25) is 5.95 Å². The summed E-state index contributed by atoms with van der Waals surface area (Å²) in [6.07, 6.45) is 0.888. The van der Waals surface area contributed by atoms with Crippen molar-refractivity contribution in [1.29, 1.82) is 0 Å². The second-order valence-corrected chi connectivity index (χ2v) is 4.24. The Bertz CT molecular complexity index is 581. The fourth-order valence-corrected chi connectivity index (χ4v) is 1.65. The first-order chi connectivity index (χ1) is 9.63. The molecule has 8 nitrogen and oxygen atoms in total. The number of aromatic nitrogens is 6. The average Bonchev–Trinajstić information content (AvgIpc) is 2.75. The average molecular weight is 277 g/mol. The van der Waals surface area contributed by atoms with Crippen molar-refractivity contribution in [2.45, 2.75) is 34.1 Å². The number of nitrogens with zero attached hydrogens (tertiary/aromatic N) is 6. The van der Waals surface area contributed by atoms with E-state index in [1.165, 1.54) is 0 Å². The molecule has 0 atom stereocenters. The van der Waals surface area contributed by atoms with Crippen LogP contribution in [0.1, 0.15) is 31.9 Å². The van der Waals surface area contributed by atoms with Crippen molar-refractivity contribution in [3.8, 4) is 12.0 Å². The number of aryl methyl sites for hydroxylation is 2. The van der Waals surface area contributed by atoms with Crippen molar-refractivity contribution in [1.82, 2.24) is 29.7 Å². The maximum absolute atomic E-state index is 5.49. The predicted molar refractivity (Wildman–Crippen MR) is 74.2 cm³/mol. The van der Waals surface area contributed by atoms with Crippen LogP contribution in [0.25, 0.3) is 5.95 Å². The van der Waals surface area contributed by atoms with Crippen LogP contribution in [0.4, 0.5) is 5.95 Å². The van der Waals surface area contributed by atoms with Crippen molar-refractivity contribution in [2.75, 3.05) is 18.5 Å². The first kappa shape index (κ1) is 14.2. The van der Waals surface area contributed by atoms with E-state index < -0.39 is 0 Å². The molecule has 0 saturated heterocycles. The molecule has 2 heterocycles. The van der Waals surface area contributed by atoms with Gasteiger partial charge in [0.15, 0.2) is 0 Å². The molecule has 8 heteroatoms. The monoisotopic (exact) mass is 277 g/mol. The van der Waals surface area contributed by atoms with Gasteiger partial charge in [-0.25, -0.2) is 4.98 Å². The Morgan fingerprint density at radius 3 is 2.50 bits per heavy atom. The second-order valence-electron chi connectivity index (χ2n) is 4.24. The second kappa shape index (κ2) is 6.27. The van der Waals surface area contributed by atoms with Gasteiger partial charge in [-0.05, 0) is 27.2 Å². The summed E-state index contributed by atoms with van der Waals surface area (Å²) in [6, 6.07) is 0.292. The lowest BCUT2D eigenvalue weighted by molar-refractivity contribution is 0.291. The number of anilines is 1. The van der Waals surface area contributed by atoms with Crippen LogP contribution in [0.15, 0.2) is 0 Å². The van der Waals surface area contributed by atoms with Gasteiger partial charge in [-0.1, -0.05) is 6.92 Å². The van der Waals surface area contributed by atoms with Gasteiger partial charge >= 0.3 is 6.01 Å². The quantitative estimate of drug-likeness (QED) is 0.850. The van der Waals surface area contributed by atoms with Crippen LogP contribution >= 0.6 is 0 Å². The molecule has 1 N–H and O–H groups in total. The Labute approximate surface area is 117 Å². The van der Waals surface area contributed by atoms with Crippen molar-refractivity contribution >= 4 is 5.95 Å². The highest BCUT2D eigenvalue weighted by Crippen LogP contribution is 2.12. The summed E-state index contributed by atoms with van der Waals surface area (Å²) in [7, 11) is 0. The van der Waals surface area contributed by atoms with Crippen molar-refractivity contribution in [2.24, 2.45) is 0 Å². The molecule has 2 aromatic heterocycles. The third kappa shape index (κ3) is 3.19. The fourth-order valence-electron chi connectivity index (χ4n) is 1.65. The Morgan fingerprint density at radius 1 is 1.10 bits per heavy atom. The first-order valence-corrected chi connectivity index (χ1v) is 6.67. The lowest BCUT2D eigenvalue weighted by atomic mass is 10.5. The van der Waals surface area contributed by atoms with E-state index in [2.05, 4.69) is 30.4 Å². The topological polar surface area (TPSA) is 90.6 Å². The molecule has 20 heavy (non-hydrogen) atoms. The smallest absolute Gasteiger partial charge is 0.323 e. The van der Waals surface area contributed by atoms with Gasteiger partial charge in [0, 0.05) is 6.54 Å². The summed E-state index contributed by atoms with van der Waals surface area (Å²) in [5, 5.41) is 7.33. The van der Waals surface area contributed by atoms with Crippen molar-refractivity contribution in [3.05, 3.63) is 11.6 Å². The Kier molecular flexibility index (Phi) is 4.44. The van der Waals surface area contributed by atoms with E-state index in [9.17, 15) is 0 Å². The van der Waals surface area contributed by atoms with E-state index in [-0.39, 0.29) is 0 Å². The standard InChI is InChI=1S/C12H19N7O/c1-5-7-20-12-16-10(13-6-2)15-11(17-12)19-9(4)14-8(3)18-19/h5-7H2,1-4H3,(H,13,15,16,17). The predicted octanol–water partition coefficient (Wildman–Crippen LogP) is 1.29. The highest BCUT2D eigenvalue weighted by Gasteiger charge is 2.12. The van der Waals surface area contributed by atoms with Crippen LogP contribution in [0.5, 0.6) is 6.01 Å². The summed E-state index contributed by atoms with van der Waals surface area (Å²) in [4.78, 5) is 17.0. The summed E-state index contributed by atoms with van der Waals surface area (Å²) >= 11 is 0. The molecule has 108 valence electrons. The normalized spacial score (nSPS) is 10.6. The molecule has 0 aliphatic heterocycles. The van der Waals surface area contributed by atoms with E-state index in [0.29, 0.717) is 36.9 Å². The molecule has 0 radical (unpaired) electrons. The largest absolute Gasteiger partial charge is 0.463 e. The lowest BCUT2D eigenvalue weighted by Gasteiger charge is -2.08. The van der Waals surface area contributed by atoms with Gasteiger partial charge < -0.3 is 10.1 Å². The number of hydrogen-bond acceptors (Lipinski definition) is 7. The Morgan fingerprint density at radius 2 is 1.90 bits per heavy atom. The van der Waals surface area contributed by atoms with Gasteiger partial charge in [-0.3, -0.25) is 0 Å². The zero-order valence-corrected chi connectivity index (χ0v) is 12.2. The molecular formula is C12H19N7O. The van der Waals surface area contributed by atoms with E-state index in [1.807, 2.05) is 27.7 Å². The molecule has 0 bridgehead atoms. The molecule has 0 aliphatic rings. The van der Waals surface area contributed by atoms with Crippen LogP contribution in [0.3, 0.4) is 0 Å². The molecule has 0 saturated carbocycles. The first-order valence-electron chi connectivity index (χ1n) is 6.67. The maximum atomic E-state index is 5.49. The minimum absolute atomic E-state index is 0.292. The highest BCUT2D eigenvalue weighted by atomic mass is 16.5. The SMILES string of the molecule is CCCOc1nc(NCC)nc(-n2nc(C)nc2C)n1. The van der Waals surface area contributed by atoms with Gasteiger partial charge in [0.05, 0.1) is 6.61 Å². The van der Waals surface area contributed by atoms with E-state index in [1.54, 1.807) is 4.68 Å². The summed E-state index contributed by atoms with van der Waals surface area (Å²) in [5.41, 5.74) is 0.